The molecular formula is C16H24N4O. The van der Waals surface area contributed by atoms with Crippen LogP contribution in [-0.2, 0) is 4.79 Å². The van der Waals surface area contributed by atoms with Gasteiger partial charge in [-0.15, -0.1) is 0 Å². The van der Waals surface area contributed by atoms with Gasteiger partial charge in [0.15, 0.2) is 0 Å². The predicted octanol–water partition coefficient (Wildman–Crippen LogP) is 1.01. The van der Waals surface area contributed by atoms with Crippen LogP contribution in [0.2, 0.25) is 0 Å². The fourth-order valence-corrected chi connectivity index (χ4v) is 2.89. The van der Waals surface area contributed by atoms with Crippen LogP contribution in [0, 0.1) is 0 Å². The second kappa shape index (κ2) is 5.93. The Bertz CT molecular complexity index is 507. The van der Waals surface area contributed by atoms with E-state index in [4.69, 9.17) is 5.73 Å². The average molecular weight is 288 g/mol. The normalized spacial score (nSPS) is 19.6. The summed E-state index contributed by atoms with van der Waals surface area (Å²) in [6, 6.07) is 8.49. The summed E-state index contributed by atoms with van der Waals surface area (Å²) < 4.78 is 0. The van der Waals surface area contributed by atoms with Crippen LogP contribution in [-0.4, -0.2) is 61.5 Å². The number of anilines is 2. The zero-order valence-electron chi connectivity index (χ0n) is 12.7. The second-order valence-electron chi connectivity index (χ2n) is 6.06. The number of benzene rings is 1. The number of hydrogen-bond donors (Lipinski definition) is 1. The highest BCUT2D eigenvalue weighted by Crippen LogP contribution is 2.26. The number of nitrogen functional groups attached to an aromatic ring is 1. The first kappa shape index (κ1) is 14.2. The summed E-state index contributed by atoms with van der Waals surface area (Å²) in [6.07, 6.45) is 2.34. The number of nitrogens with two attached hydrogens (primary N) is 1. The molecule has 1 saturated carbocycles. The van der Waals surface area contributed by atoms with Gasteiger partial charge in [-0.2, -0.15) is 0 Å². The van der Waals surface area contributed by atoms with E-state index in [0.29, 0.717) is 12.6 Å². The molecule has 3 rings (SSSR count). The Morgan fingerprint density at radius 3 is 2.52 bits per heavy atom. The standard InChI is InChI=1S/C16H24N4O/c1-18(13-6-7-13)16(21)12-19-8-10-20(11-9-19)15-5-3-2-4-14(15)17/h2-5,13H,6-12,17H2,1H3. The second-order valence-corrected chi connectivity index (χ2v) is 6.06. The lowest BCUT2D eigenvalue weighted by Crippen LogP contribution is -2.50. The molecule has 1 aliphatic carbocycles. The Labute approximate surface area is 126 Å². The number of piperazine rings is 1. The number of carbonyl (C=O) groups excluding carboxylic acids is 1. The third-order valence-corrected chi connectivity index (χ3v) is 4.50. The molecule has 0 atom stereocenters. The minimum Gasteiger partial charge on any atom is -0.397 e. The van der Waals surface area contributed by atoms with Crippen LogP contribution in [0.5, 0.6) is 0 Å². The van der Waals surface area contributed by atoms with Gasteiger partial charge < -0.3 is 15.5 Å². The summed E-state index contributed by atoms with van der Waals surface area (Å²) in [6.45, 7) is 4.23. The lowest BCUT2D eigenvalue weighted by molar-refractivity contribution is -0.131. The SMILES string of the molecule is CN(C(=O)CN1CCN(c2ccccc2N)CC1)C1CC1. The number of nitrogens with zero attached hydrogens (tertiary/aromatic N) is 3. The van der Waals surface area contributed by atoms with Crippen molar-refractivity contribution in [3.05, 3.63) is 24.3 Å². The van der Waals surface area contributed by atoms with Gasteiger partial charge in [-0.25, -0.2) is 0 Å². The third kappa shape index (κ3) is 3.29. The van der Waals surface area contributed by atoms with E-state index in [1.54, 1.807) is 0 Å². The molecule has 2 fully saturated rings. The quantitative estimate of drug-likeness (QED) is 0.840. The van der Waals surface area contributed by atoms with Gasteiger partial charge >= 0.3 is 0 Å². The lowest BCUT2D eigenvalue weighted by atomic mass is 10.2. The van der Waals surface area contributed by atoms with Gasteiger partial charge in [0.1, 0.15) is 0 Å². The van der Waals surface area contributed by atoms with Crippen molar-refractivity contribution >= 4 is 17.3 Å². The van der Waals surface area contributed by atoms with Crippen molar-refractivity contribution in [2.24, 2.45) is 0 Å². The van der Waals surface area contributed by atoms with Crippen molar-refractivity contribution in [2.45, 2.75) is 18.9 Å². The van der Waals surface area contributed by atoms with Crippen LogP contribution in [0.15, 0.2) is 24.3 Å². The first-order valence-electron chi connectivity index (χ1n) is 7.72. The highest BCUT2D eigenvalue weighted by molar-refractivity contribution is 5.78. The van der Waals surface area contributed by atoms with E-state index in [2.05, 4.69) is 15.9 Å². The summed E-state index contributed by atoms with van der Waals surface area (Å²) in [4.78, 5) is 18.6. The number of para-hydroxylation sites is 2. The largest absolute Gasteiger partial charge is 0.397 e. The van der Waals surface area contributed by atoms with Crippen molar-refractivity contribution < 1.29 is 4.79 Å². The maximum Gasteiger partial charge on any atom is 0.236 e. The molecule has 1 aromatic rings. The Balaban J connectivity index is 1.51. The first-order chi connectivity index (χ1) is 10.1. The Morgan fingerprint density at radius 2 is 1.90 bits per heavy atom. The topological polar surface area (TPSA) is 52.8 Å². The van der Waals surface area contributed by atoms with E-state index in [0.717, 1.165) is 37.6 Å². The summed E-state index contributed by atoms with van der Waals surface area (Å²) >= 11 is 0. The van der Waals surface area contributed by atoms with E-state index in [1.807, 2.05) is 30.1 Å². The molecule has 0 unspecified atom stereocenters. The molecule has 1 heterocycles. The van der Waals surface area contributed by atoms with Crippen LogP contribution >= 0.6 is 0 Å². The highest BCUT2D eigenvalue weighted by atomic mass is 16.2. The number of likely N-dealkylation sites (N-methyl/N-ethyl adjacent to an activating group) is 1. The summed E-state index contributed by atoms with van der Waals surface area (Å²) in [5, 5.41) is 0. The molecular weight excluding hydrogens is 264 g/mol. The molecule has 2 aliphatic rings. The van der Waals surface area contributed by atoms with Crippen molar-refractivity contribution in [3.8, 4) is 0 Å². The third-order valence-electron chi connectivity index (χ3n) is 4.50. The number of carbonyl (C=O) groups is 1. The van der Waals surface area contributed by atoms with E-state index in [-0.39, 0.29) is 5.91 Å². The Hall–Kier alpha value is -1.75. The molecule has 0 spiro atoms. The molecule has 1 saturated heterocycles. The zero-order valence-corrected chi connectivity index (χ0v) is 12.7. The average Bonchev–Trinajstić information content (AvgIpc) is 3.32. The predicted molar refractivity (Wildman–Crippen MR) is 85.3 cm³/mol. The molecule has 114 valence electrons. The molecule has 0 bridgehead atoms. The smallest absolute Gasteiger partial charge is 0.236 e. The van der Waals surface area contributed by atoms with Gasteiger partial charge in [0.05, 0.1) is 17.9 Å². The molecule has 5 nitrogen and oxygen atoms in total. The highest BCUT2D eigenvalue weighted by Gasteiger charge is 2.30. The van der Waals surface area contributed by atoms with Crippen LogP contribution in [0.1, 0.15) is 12.8 Å². The fraction of sp³-hybridized carbons (Fsp3) is 0.562. The monoisotopic (exact) mass is 288 g/mol. The molecule has 1 aliphatic heterocycles. The molecule has 1 amide bonds. The van der Waals surface area contributed by atoms with E-state index >= 15 is 0 Å². The van der Waals surface area contributed by atoms with E-state index in [1.165, 1.54) is 12.8 Å². The van der Waals surface area contributed by atoms with Gasteiger partial charge in [-0.05, 0) is 25.0 Å². The van der Waals surface area contributed by atoms with E-state index < -0.39 is 0 Å². The molecule has 0 radical (unpaired) electrons. The Kier molecular flexibility index (Phi) is 4.01. The van der Waals surface area contributed by atoms with Crippen LogP contribution in [0.3, 0.4) is 0 Å². The summed E-state index contributed by atoms with van der Waals surface area (Å²) in [5.41, 5.74) is 7.97. The van der Waals surface area contributed by atoms with Gasteiger partial charge in [-0.3, -0.25) is 9.69 Å². The summed E-state index contributed by atoms with van der Waals surface area (Å²) in [5.74, 6) is 0.255. The minimum atomic E-state index is 0.255. The van der Waals surface area contributed by atoms with Gasteiger partial charge in [0.2, 0.25) is 5.91 Å². The van der Waals surface area contributed by atoms with E-state index in [9.17, 15) is 4.79 Å². The molecule has 1 aromatic carbocycles. The summed E-state index contributed by atoms with van der Waals surface area (Å²) in [7, 11) is 1.93. The zero-order chi connectivity index (χ0) is 14.8. The van der Waals surface area contributed by atoms with Crippen molar-refractivity contribution in [1.29, 1.82) is 0 Å². The minimum absolute atomic E-state index is 0.255. The Morgan fingerprint density at radius 1 is 1.24 bits per heavy atom. The van der Waals surface area contributed by atoms with Gasteiger partial charge in [0.25, 0.3) is 0 Å². The number of hydrogen-bond acceptors (Lipinski definition) is 4. The van der Waals surface area contributed by atoms with Crippen LogP contribution in [0.25, 0.3) is 0 Å². The maximum absolute atomic E-state index is 12.1. The fourth-order valence-electron chi connectivity index (χ4n) is 2.89. The maximum atomic E-state index is 12.1. The first-order valence-corrected chi connectivity index (χ1v) is 7.72. The molecule has 5 heteroatoms. The number of amides is 1. The molecule has 0 aromatic heterocycles. The van der Waals surface area contributed by atoms with Crippen molar-refractivity contribution in [1.82, 2.24) is 9.80 Å². The van der Waals surface area contributed by atoms with Gasteiger partial charge in [-0.1, -0.05) is 12.1 Å². The van der Waals surface area contributed by atoms with Crippen molar-refractivity contribution in [2.75, 3.05) is 50.4 Å². The van der Waals surface area contributed by atoms with Crippen LogP contribution in [0.4, 0.5) is 11.4 Å². The van der Waals surface area contributed by atoms with Crippen LogP contribution < -0.4 is 10.6 Å². The van der Waals surface area contributed by atoms with Gasteiger partial charge in [0, 0.05) is 39.3 Å². The van der Waals surface area contributed by atoms with Crippen molar-refractivity contribution in [3.63, 3.8) is 0 Å². The number of rotatable bonds is 4. The molecule has 21 heavy (non-hydrogen) atoms. The lowest BCUT2D eigenvalue weighted by Gasteiger charge is -2.36. The molecule has 2 N–H and O–H groups in total.